The van der Waals surface area contributed by atoms with Crippen LogP contribution in [-0.4, -0.2) is 24.5 Å². The van der Waals surface area contributed by atoms with E-state index in [0.29, 0.717) is 4.47 Å². The maximum Gasteiger partial charge on any atom is 0.335 e. The van der Waals surface area contributed by atoms with Crippen LogP contribution in [0.25, 0.3) is 0 Å². The van der Waals surface area contributed by atoms with Gasteiger partial charge in [-0.05, 0) is 51.8 Å². The third-order valence-electron chi connectivity index (χ3n) is 3.88. The second-order valence-corrected chi connectivity index (χ2v) is 8.97. The summed E-state index contributed by atoms with van der Waals surface area (Å²) in [6, 6.07) is 15.6. The second kappa shape index (κ2) is 8.30. The molecule has 0 saturated heterocycles. The lowest BCUT2D eigenvalue weighted by Crippen LogP contribution is -2.31. The van der Waals surface area contributed by atoms with Gasteiger partial charge in [0.05, 0.1) is 22.0 Å². The molecule has 9 heteroatoms. The zero-order valence-electron chi connectivity index (χ0n) is 14.3. The standard InChI is InChI=1S/C19H14BrClN2O4S/c20-15-10-17(21)18(22-11-15)23(12-13-4-2-1-3-5-13)28(26,27)16-8-6-14(7-9-16)19(24)25/h1-11H,12H2,(H,24,25). The lowest BCUT2D eigenvalue weighted by Gasteiger charge is -2.24. The van der Waals surface area contributed by atoms with Crippen molar-refractivity contribution in [2.45, 2.75) is 11.4 Å². The van der Waals surface area contributed by atoms with Crippen LogP contribution in [0.2, 0.25) is 5.02 Å². The number of anilines is 1. The minimum absolute atomic E-state index is 0.00615. The number of aromatic carboxylic acids is 1. The fourth-order valence-corrected chi connectivity index (χ4v) is 4.72. The predicted octanol–water partition coefficient (Wildman–Crippen LogP) is 4.59. The Balaban J connectivity index is 2.10. The summed E-state index contributed by atoms with van der Waals surface area (Å²) in [4.78, 5) is 15.2. The molecule has 0 aliphatic heterocycles. The van der Waals surface area contributed by atoms with E-state index in [2.05, 4.69) is 20.9 Å². The van der Waals surface area contributed by atoms with Crippen molar-refractivity contribution < 1.29 is 18.3 Å². The molecule has 0 atom stereocenters. The molecule has 0 bridgehead atoms. The highest BCUT2D eigenvalue weighted by molar-refractivity contribution is 9.10. The van der Waals surface area contributed by atoms with Crippen molar-refractivity contribution in [2.75, 3.05) is 4.31 Å². The van der Waals surface area contributed by atoms with Crippen LogP contribution in [-0.2, 0) is 16.6 Å². The molecule has 0 saturated carbocycles. The molecule has 2 aromatic carbocycles. The summed E-state index contributed by atoms with van der Waals surface area (Å²) in [5.41, 5.74) is 0.738. The zero-order chi connectivity index (χ0) is 20.3. The summed E-state index contributed by atoms with van der Waals surface area (Å²) < 4.78 is 28.4. The van der Waals surface area contributed by atoms with Gasteiger partial charge in [0.1, 0.15) is 0 Å². The van der Waals surface area contributed by atoms with Gasteiger partial charge in [0.2, 0.25) is 0 Å². The Hall–Kier alpha value is -2.42. The van der Waals surface area contributed by atoms with E-state index in [1.165, 1.54) is 30.5 Å². The Kier molecular flexibility index (Phi) is 6.02. The molecule has 0 aliphatic rings. The van der Waals surface area contributed by atoms with Gasteiger partial charge in [-0.2, -0.15) is 0 Å². The van der Waals surface area contributed by atoms with Gasteiger partial charge in [-0.1, -0.05) is 41.9 Å². The van der Waals surface area contributed by atoms with Crippen molar-refractivity contribution in [3.8, 4) is 0 Å². The number of carbonyl (C=O) groups is 1. The number of nitrogens with zero attached hydrogens (tertiary/aromatic N) is 2. The lowest BCUT2D eigenvalue weighted by atomic mass is 10.2. The molecular weight excluding hydrogens is 468 g/mol. The van der Waals surface area contributed by atoms with Crippen LogP contribution in [0, 0.1) is 0 Å². The molecular formula is C19H14BrClN2O4S. The molecule has 0 fully saturated rings. The summed E-state index contributed by atoms with van der Waals surface area (Å²) in [6.07, 6.45) is 1.46. The van der Waals surface area contributed by atoms with Crippen molar-refractivity contribution >= 4 is 49.3 Å². The van der Waals surface area contributed by atoms with E-state index >= 15 is 0 Å². The maximum atomic E-state index is 13.3. The van der Waals surface area contributed by atoms with Crippen LogP contribution >= 0.6 is 27.5 Å². The van der Waals surface area contributed by atoms with Gasteiger partial charge < -0.3 is 5.11 Å². The van der Waals surface area contributed by atoms with Crippen molar-refractivity contribution in [3.05, 3.63) is 87.5 Å². The number of aromatic nitrogens is 1. The number of hydrogen-bond acceptors (Lipinski definition) is 4. The first kappa shape index (κ1) is 20.3. The average molecular weight is 482 g/mol. The molecule has 0 aliphatic carbocycles. The third kappa shape index (κ3) is 4.35. The molecule has 1 N–H and O–H groups in total. The first-order valence-corrected chi connectivity index (χ1v) is 10.6. The topological polar surface area (TPSA) is 87.6 Å². The van der Waals surface area contributed by atoms with Crippen molar-refractivity contribution in [3.63, 3.8) is 0 Å². The first-order valence-electron chi connectivity index (χ1n) is 8.00. The van der Waals surface area contributed by atoms with E-state index in [9.17, 15) is 13.2 Å². The first-order chi connectivity index (χ1) is 13.3. The normalized spacial score (nSPS) is 11.2. The van der Waals surface area contributed by atoms with E-state index < -0.39 is 16.0 Å². The van der Waals surface area contributed by atoms with Crippen LogP contribution < -0.4 is 4.31 Å². The van der Waals surface area contributed by atoms with E-state index in [4.69, 9.17) is 16.7 Å². The minimum Gasteiger partial charge on any atom is -0.478 e. The quantitative estimate of drug-likeness (QED) is 0.556. The summed E-state index contributed by atoms with van der Waals surface area (Å²) in [5.74, 6) is -1.06. The van der Waals surface area contributed by atoms with Crippen molar-refractivity contribution in [1.82, 2.24) is 4.98 Å². The predicted molar refractivity (Wildman–Crippen MR) is 110 cm³/mol. The molecule has 6 nitrogen and oxygen atoms in total. The number of sulfonamides is 1. The lowest BCUT2D eigenvalue weighted by molar-refractivity contribution is 0.0696. The number of halogens is 2. The molecule has 0 unspecified atom stereocenters. The van der Waals surface area contributed by atoms with Crippen LogP contribution in [0.1, 0.15) is 15.9 Å². The van der Waals surface area contributed by atoms with Crippen molar-refractivity contribution in [1.29, 1.82) is 0 Å². The van der Waals surface area contributed by atoms with E-state index in [1.807, 2.05) is 6.07 Å². The van der Waals surface area contributed by atoms with Crippen LogP contribution in [0.3, 0.4) is 0 Å². The Bertz CT molecular complexity index is 1110. The Morgan fingerprint density at radius 3 is 2.32 bits per heavy atom. The number of pyridine rings is 1. The number of benzene rings is 2. The van der Waals surface area contributed by atoms with Gasteiger partial charge in [-0.3, -0.25) is 0 Å². The van der Waals surface area contributed by atoms with Gasteiger partial charge in [-0.25, -0.2) is 22.5 Å². The van der Waals surface area contributed by atoms with Crippen LogP contribution in [0.15, 0.2) is 76.2 Å². The molecule has 3 rings (SSSR count). The van der Waals surface area contributed by atoms with Gasteiger partial charge in [0, 0.05) is 10.7 Å². The third-order valence-corrected chi connectivity index (χ3v) is 6.34. The molecule has 144 valence electrons. The second-order valence-electron chi connectivity index (χ2n) is 5.79. The summed E-state index contributed by atoms with van der Waals surface area (Å²) in [7, 11) is -4.05. The Morgan fingerprint density at radius 1 is 1.11 bits per heavy atom. The largest absolute Gasteiger partial charge is 0.478 e. The van der Waals surface area contributed by atoms with E-state index in [0.717, 1.165) is 9.87 Å². The van der Waals surface area contributed by atoms with Gasteiger partial charge in [0.25, 0.3) is 10.0 Å². The minimum atomic E-state index is -4.05. The molecule has 0 radical (unpaired) electrons. The number of carboxylic acids is 1. The molecule has 0 spiro atoms. The summed E-state index contributed by atoms with van der Waals surface area (Å²) >= 11 is 9.53. The molecule has 28 heavy (non-hydrogen) atoms. The van der Waals surface area contributed by atoms with Gasteiger partial charge in [0.15, 0.2) is 5.82 Å². The highest BCUT2D eigenvalue weighted by atomic mass is 79.9. The number of carboxylic acid groups (broad SMARTS) is 1. The summed E-state index contributed by atoms with van der Waals surface area (Å²) in [6.45, 7) is 0.0121. The maximum absolute atomic E-state index is 13.3. The van der Waals surface area contributed by atoms with Crippen molar-refractivity contribution in [2.24, 2.45) is 0 Å². The molecule has 0 amide bonds. The Labute approximate surface area is 175 Å². The zero-order valence-corrected chi connectivity index (χ0v) is 17.4. The summed E-state index contributed by atoms with van der Waals surface area (Å²) in [5, 5.41) is 9.19. The SMILES string of the molecule is O=C(O)c1ccc(S(=O)(=O)N(Cc2ccccc2)c2ncc(Br)cc2Cl)cc1. The number of rotatable bonds is 6. The number of hydrogen-bond donors (Lipinski definition) is 1. The highest BCUT2D eigenvalue weighted by Crippen LogP contribution is 2.32. The fourth-order valence-electron chi connectivity index (χ4n) is 2.51. The van der Waals surface area contributed by atoms with Gasteiger partial charge >= 0.3 is 5.97 Å². The van der Waals surface area contributed by atoms with Crippen LogP contribution in [0.4, 0.5) is 5.82 Å². The fraction of sp³-hybridized carbons (Fsp3) is 0.0526. The molecule has 1 aromatic heterocycles. The average Bonchev–Trinajstić information content (AvgIpc) is 2.67. The monoisotopic (exact) mass is 480 g/mol. The smallest absolute Gasteiger partial charge is 0.335 e. The van der Waals surface area contributed by atoms with E-state index in [-0.39, 0.29) is 27.8 Å². The van der Waals surface area contributed by atoms with Gasteiger partial charge in [-0.15, -0.1) is 0 Å². The van der Waals surface area contributed by atoms with E-state index in [1.54, 1.807) is 30.3 Å². The van der Waals surface area contributed by atoms with Crippen LogP contribution in [0.5, 0.6) is 0 Å². The highest BCUT2D eigenvalue weighted by Gasteiger charge is 2.28. The molecule has 3 aromatic rings. The molecule has 1 heterocycles. The Morgan fingerprint density at radius 2 is 1.75 bits per heavy atom.